The van der Waals surface area contributed by atoms with Crippen LogP contribution in [0.5, 0.6) is 5.75 Å². The molecule has 0 spiro atoms. The summed E-state index contributed by atoms with van der Waals surface area (Å²) >= 11 is 0. The van der Waals surface area contributed by atoms with Crippen LogP contribution in [0.2, 0.25) is 0 Å². The van der Waals surface area contributed by atoms with E-state index in [0.717, 1.165) is 6.42 Å². The molecular formula is C18H27NO5. The SMILES string of the molecule is CCC[C@@H](NC(=O)OC(C)(C)C)c1cc(OCC2CC2)cc(=O)o1. The normalized spacial score (nSPS) is 15.7. The Balaban J connectivity index is 2.10. The minimum atomic E-state index is -0.586. The van der Waals surface area contributed by atoms with Crippen LogP contribution in [0.1, 0.15) is 65.2 Å². The molecule has 2 rings (SSSR count). The molecule has 24 heavy (non-hydrogen) atoms. The average molecular weight is 337 g/mol. The second kappa shape index (κ2) is 7.73. The predicted molar refractivity (Wildman–Crippen MR) is 90.2 cm³/mol. The molecule has 6 heteroatoms. The molecule has 1 aliphatic rings. The van der Waals surface area contributed by atoms with Gasteiger partial charge >= 0.3 is 11.7 Å². The van der Waals surface area contributed by atoms with E-state index in [9.17, 15) is 9.59 Å². The van der Waals surface area contributed by atoms with Gasteiger partial charge in [0, 0.05) is 6.07 Å². The van der Waals surface area contributed by atoms with Gasteiger partial charge in [-0.15, -0.1) is 0 Å². The fourth-order valence-electron chi connectivity index (χ4n) is 2.25. The summed E-state index contributed by atoms with van der Waals surface area (Å²) in [6, 6.07) is 2.59. The van der Waals surface area contributed by atoms with Gasteiger partial charge in [0.25, 0.3) is 0 Å². The van der Waals surface area contributed by atoms with Crippen LogP contribution >= 0.6 is 0 Å². The summed E-state index contributed by atoms with van der Waals surface area (Å²) in [5, 5.41) is 2.77. The fraction of sp³-hybridized carbons (Fsp3) is 0.667. The maximum absolute atomic E-state index is 12.0. The largest absolute Gasteiger partial charge is 0.493 e. The van der Waals surface area contributed by atoms with E-state index < -0.39 is 23.4 Å². The Morgan fingerprint density at radius 3 is 2.67 bits per heavy atom. The maximum atomic E-state index is 12.0. The summed E-state index contributed by atoms with van der Waals surface area (Å²) in [7, 11) is 0. The standard InChI is InChI=1S/C18H27NO5/c1-5-6-14(19-17(21)24-18(2,3)4)15-9-13(10-16(20)23-15)22-11-12-7-8-12/h9-10,12,14H,5-8,11H2,1-4H3,(H,19,21)/t14-/m1/s1. The highest BCUT2D eigenvalue weighted by Gasteiger charge is 2.24. The summed E-state index contributed by atoms with van der Waals surface area (Å²) in [4.78, 5) is 23.8. The van der Waals surface area contributed by atoms with Crippen LogP contribution in [-0.2, 0) is 4.74 Å². The van der Waals surface area contributed by atoms with Crippen molar-refractivity contribution in [1.82, 2.24) is 5.32 Å². The van der Waals surface area contributed by atoms with Crippen molar-refractivity contribution >= 4 is 6.09 Å². The van der Waals surface area contributed by atoms with E-state index >= 15 is 0 Å². The second-order valence-electron chi connectivity index (χ2n) is 7.26. The van der Waals surface area contributed by atoms with Gasteiger partial charge in [0.1, 0.15) is 17.1 Å². The molecule has 0 aromatic carbocycles. The van der Waals surface area contributed by atoms with E-state index in [-0.39, 0.29) is 0 Å². The van der Waals surface area contributed by atoms with Gasteiger partial charge < -0.3 is 19.2 Å². The monoisotopic (exact) mass is 337 g/mol. The van der Waals surface area contributed by atoms with E-state index in [1.807, 2.05) is 6.92 Å². The van der Waals surface area contributed by atoms with Crippen LogP contribution in [0.3, 0.4) is 0 Å². The molecule has 0 bridgehead atoms. The average Bonchev–Trinajstić information content (AvgIpc) is 3.26. The topological polar surface area (TPSA) is 77.8 Å². The highest BCUT2D eigenvalue weighted by atomic mass is 16.6. The van der Waals surface area contributed by atoms with Crippen molar-refractivity contribution in [3.63, 3.8) is 0 Å². The molecule has 0 radical (unpaired) electrons. The number of carbonyl (C=O) groups excluding carboxylic acids is 1. The van der Waals surface area contributed by atoms with Crippen molar-refractivity contribution in [2.24, 2.45) is 5.92 Å². The lowest BCUT2D eigenvalue weighted by Crippen LogP contribution is -2.35. The minimum Gasteiger partial charge on any atom is -0.493 e. The predicted octanol–water partition coefficient (Wildman–Crippen LogP) is 3.79. The summed E-state index contributed by atoms with van der Waals surface area (Å²) in [6.07, 6.45) is 3.26. The van der Waals surface area contributed by atoms with E-state index in [4.69, 9.17) is 13.9 Å². The molecule has 1 fully saturated rings. The van der Waals surface area contributed by atoms with E-state index in [2.05, 4.69) is 5.32 Å². The Morgan fingerprint density at radius 1 is 1.38 bits per heavy atom. The number of carbonyl (C=O) groups is 1. The molecule has 1 aliphatic carbocycles. The lowest BCUT2D eigenvalue weighted by Gasteiger charge is -2.23. The lowest BCUT2D eigenvalue weighted by molar-refractivity contribution is 0.0493. The van der Waals surface area contributed by atoms with Crippen molar-refractivity contribution in [1.29, 1.82) is 0 Å². The Hall–Kier alpha value is -1.98. The molecule has 0 saturated heterocycles. The van der Waals surface area contributed by atoms with Crippen LogP contribution in [0.25, 0.3) is 0 Å². The molecule has 1 aromatic rings. The molecule has 1 amide bonds. The van der Waals surface area contributed by atoms with Crippen molar-refractivity contribution in [3.8, 4) is 5.75 Å². The third kappa shape index (κ3) is 6.26. The van der Waals surface area contributed by atoms with E-state index in [0.29, 0.717) is 30.5 Å². The third-order valence-electron chi connectivity index (χ3n) is 3.56. The van der Waals surface area contributed by atoms with Gasteiger partial charge in [0.2, 0.25) is 0 Å². The fourth-order valence-corrected chi connectivity index (χ4v) is 2.25. The van der Waals surface area contributed by atoms with Crippen molar-refractivity contribution in [2.75, 3.05) is 6.61 Å². The van der Waals surface area contributed by atoms with Crippen LogP contribution in [0, 0.1) is 5.92 Å². The number of nitrogens with one attached hydrogen (secondary N) is 1. The molecule has 1 heterocycles. The first-order valence-electron chi connectivity index (χ1n) is 8.54. The van der Waals surface area contributed by atoms with Gasteiger partial charge in [0.05, 0.1) is 18.7 Å². The number of hydrogen-bond donors (Lipinski definition) is 1. The van der Waals surface area contributed by atoms with Crippen LogP contribution in [0.4, 0.5) is 4.79 Å². The molecule has 0 unspecified atom stereocenters. The number of amides is 1. The lowest BCUT2D eigenvalue weighted by atomic mass is 10.1. The van der Waals surface area contributed by atoms with Gasteiger partial charge in [-0.2, -0.15) is 0 Å². The van der Waals surface area contributed by atoms with Crippen LogP contribution in [0.15, 0.2) is 21.3 Å². The smallest absolute Gasteiger partial charge is 0.408 e. The second-order valence-corrected chi connectivity index (χ2v) is 7.26. The molecule has 1 N–H and O–H groups in total. The van der Waals surface area contributed by atoms with Crippen molar-refractivity contribution in [3.05, 3.63) is 28.3 Å². The summed E-state index contributed by atoms with van der Waals surface area (Å²) < 4.78 is 16.2. The number of ether oxygens (including phenoxy) is 2. The van der Waals surface area contributed by atoms with Gasteiger partial charge in [-0.3, -0.25) is 0 Å². The Morgan fingerprint density at radius 2 is 2.08 bits per heavy atom. The first kappa shape index (κ1) is 18.4. The van der Waals surface area contributed by atoms with E-state index in [1.165, 1.54) is 18.9 Å². The van der Waals surface area contributed by atoms with Gasteiger partial charge in [-0.05, 0) is 46.0 Å². The molecule has 1 aromatic heterocycles. The van der Waals surface area contributed by atoms with Crippen LogP contribution < -0.4 is 15.7 Å². The zero-order chi connectivity index (χ0) is 17.7. The molecule has 134 valence electrons. The van der Waals surface area contributed by atoms with Gasteiger partial charge in [-0.25, -0.2) is 9.59 Å². The molecule has 1 saturated carbocycles. The van der Waals surface area contributed by atoms with Gasteiger partial charge in [-0.1, -0.05) is 13.3 Å². The number of alkyl carbamates (subject to hydrolysis) is 1. The number of hydrogen-bond acceptors (Lipinski definition) is 5. The summed E-state index contributed by atoms with van der Waals surface area (Å²) in [5.41, 5.74) is -1.07. The number of rotatable bonds is 7. The third-order valence-corrected chi connectivity index (χ3v) is 3.56. The van der Waals surface area contributed by atoms with E-state index in [1.54, 1.807) is 26.8 Å². The van der Waals surface area contributed by atoms with Crippen molar-refractivity contribution < 1.29 is 18.7 Å². The van der Waals surface area contributed by atoms with Crippen LogP contribution in [-0.4, -0.2) is 18.3 Å². The Bertz CT molecular complexity index is 613. The highest BCUT2D eigenvalue weighted by molar-refractivity contribution is 5.68. The first-order chi connectivity index (χ1) is 11.3. The molecule has 0 aliphatic heterocycles. The minimum absolute atomic E-state index is 0.390. The molecule has 6 nitrogen and oxygen atoms in total. The maximum Gasteiger partial charge on any atom is 0.408 e. The molecular weight excluding hydrogens is 310 g/mol. The Labute approximate surface area is 142 Å². The van der Waals surface area contributed by atoms with Gasteiger partial charge in [0.15, 0.2) is 0 Å². The highest BCUT2D eigenvalue weighted by Crippen LogP contribution is 2.30. The quantitative estimate of drug-likeness (QED) is 0.819. The Kier molecular flexibility index (Phi) is 5.91. The summed E-state index contributed by atoms with van der Waals surface area (Å²) in [5.74, 6) is 1.47. The zero-order valence-electron chi connectivity index (χ0n) is 14.9. The molecule has 1 atom stereocenters. The van der Waals surface area contributed by atoms with Crippen molar-refractivity contribution in [2.45, 2.75) is 65.0 Å². The summed E-state index contributed by atoms with van der Waals surface area (Å²) in [6.45, 7) is 8.01. The zero-order valence-corrected chi connectivity index (χ0v) is 14.9. The first-order valence-corrected chi connectivity index (χ1v) is 8.54.